The SMILES string of the molecule is NC(=O)c1nn(CC(=O)N2CCC[C@@H]2c2nc3ccccc3s2)c(=O)c2ccccc12. The molecule has 3 heterocycles. The fraction of sp³-hybridized carbons (Fsp3) is 0.227. The lowest BCUT2D eigenvalue weighted by Gasteiger charge is -2.23. The number of nitrogens with two attached hydrogens (primary N) is 1. The number of hydrogen-bond donors (Lipinski definition) is 1. The number of carbonyl (C=O) groups is 2. The fourth-order valence-corrected chi connectivity index (χ4v) is 5.21. The van der Waals surface area contributed by atoms with Gasteiger partial charge in [-0.3, -0.25) is 14.4 Å². The minimum atomic E-state index is -0.745. The van der Waals surface area contributed by atoms with Crippen molar-refractivity contribution in [3.8, 4) is 0 Å². The van der Waals surface area contributed by atoms with E-state index in [1.54, 1.807) is 40.5 Å². The summed E-state index contributed by atoms with van der Waals surface area (Å²) in [5.41, 5.74) is 5.94. The number of nitrogens with zero attached hydrogens (tertiary/aromatic N) is 4. The standard InChI is InChI=1S/C22H19N5O3S/c23-20(29)19-13-6-1-2-7-14(13)22(30)27(25-19)12-18(28)26-11-5-9-16(26)21-24-15-8-3-4-10-17(15)31-21/h1-4,6-8,10,16H,5,9,11-12H2,(H2,23,29)/t16-/m1/s1. The van der Waals surface area contributed by atoms with Gasteiger partial charge in [0.25, 0.3) is 11.5 Å². The van der Waals surface area contributed by atoms with E-state index < -0.39 is 11.5 Å². The largest absolute Gasteiger partial charge is 0.364 e. The first-order valence-corrected chi connectivity index (χ1v) is 10.8. The van der Waals surface area contributed by atoms with Crippen molar-refractivity contribution in [3.05, 3.63) is 69.6 Å². The molecule has 0 unspecified atom stereocenters. The molecule has 1 aliphatic rings. The summed E-state index contributed by atoms with van der Waals surface area (Å²) in [4.78, 5) is 44.4. The minimum absolute atomic E-state index is 0.0212. The van der Waals surface area contributed by atoms with Gasteiger partial charge in [-0.2, -0.15) is 5.10 Å². The van der Waals surface area contributed by atoms with E-state index in [2.05, 4.69) is 5.10 Å². The number of aromatic nitrogens is 3. The zero-order chi connectivity index (χ0) is 21.5. The molecule has 5 rings (SSSR count). The Bertz CT molecular complexity index is 1360. The molecule has 2 aromatic carbocycles. The Morgan fingerprint density at radius 3 is 2.61 bits per heavy atom. The highest BCUT2D eigenvalue weighted by Crippen LogP contribution is 2.36. The molecule has 2 amide bonds. The van der Waals surface area contributed by atoms with Crippen molar-refractivity contribution in [2.24, 2.45) is 5.73 Å². The molecule has 31 heavy (non-hydrogen) atoms. The van der Waals surface area contributed by atoms with Gasteiger partial charge in [-0.25, -0.2) is 9.67 Å². The summed E-state index contributed by atoms with van der Waals surface area (Å²) >= 11 is 1.58. The maximum atomic E-state index is 13.2. The van der Waals surface area contributed by atoms with Crippen LogP contribution in [0.2, 0.25) is 0 Å². The highest BCUT2D eigenvalue weighted by atomic mass is 32.1. The van der Waals surface area contributed by atoms with E-state index in [-0.39, 0.29) is 24.2 Å². The van der Waals surface area contributed by atoms with Crippen LogP contribution in [0, 0.1) is 0 Å². The van der Waals surface area contributed by atoms with E-state index in [0.717, 1.165) is 32.7 Å². The zero-order valence-corrected chi connectivity index (χ0v) is 17.3. The van der Waals surface area contributed by atoms with Gasteiger partial charge in [0, 0.05) is 11.9 Å². The molecule has 0 bridgehead atoms. The first-order valence-electron chi connectivity index (χ1n) is 9.97. The van der Waals surface area contributed by atoms with Gasteiger partial charge in [0.05, 0.1) is 21.6 Å². The number of primary amides is 1. The predicted octanol–water partition coefficient (Wildman–Crippen LogP) is 2.47. The molecule has 0 radical (unpaired) electrons. The van der Waals surface area contributed by atoms with Gasteiger partial charge < -0.3 is 10.6 Å². The van der Waals surface area contributed by atoms with Crippen LogP contribution >= 0.6 is 11.3 Å². The Labute approximate surface area is 180 Å². The van der Waals surface area contributed by atoms with E-state index in [0.29, 0.717) is 17.3 Å². The van der Waals surface area contributed by atoms with Crippen LogP contribution in [-0.2, 0) is 11.3 Å². The molecule has 0 aliphatic carbocycles. The van der Waals surface area contributed by atoms with Gasteiger partial charge in [0.2, 0.25) is 5.91 Å². The first kappa shape index (κ1) is 19.4. The van der Waals surface area contributed by atoms with Crippen LogP contribution in [0.1, 0.15) is 34.4 Å². The molecule has 8 nitrogen and oxygen atoms in total. The third-order valence-corrected chi connectivity index (χ3v) is 6.69. The lowest BCUT2D eigenvalue weighted by Crippen LogP contribution is -2.38. The smallest absolute Gasteiger partial charge is 0.275 e. The third kappa shape index (κ3) is 3.36. The number of likely N-dealkylation sites (tertiary alicyclic amines) is 1. The van der Waals surface area contributed by atoms with Gasteiger partial charge in [0.1, 0.15) is 11.6 Å². The van der Waals surface area contributed by atoms with E-state index >= 15 is 0 Å². The number of amides is 2. The van der Waals surface area contributed by atoms with Crippen molar-refractivity contribution in [3.63, 3.8) is 0 Å². The van der Waals surface area contributed by atoms with Crippen LogP contribution < -0.4 is 11.3 Å². The summed E-state index contributed by atoms with van der Waals surface area (Å²) in [7, 11) is 0. The van der Waals surface area contributed by atoms with Crippen molar-refractivity contribution in [1.29, 1.82) is 0 Å². The third-order valence-electron chi connectivity index (χ3n) is 5.55. The summed E-state index contributed by atoms with van der Waals surface area (Å²) in [6.45, 7) is 0.329. The maximum Gasteiger partial charge on any atom is 0.275 e. The second kappa shape index (κ2) is 7.59. The highest BCUT2D eigenvalue weighted by Gasteiger charge is 2.32. The van der Waals surface area contributed by atoms with Crippen LogP contribution in [0.4, 0.5) is 0 Å². The van der Waals surface area contributed by atoms with Gasteiger partial charge in [0.15, 0.2) is 5.69 Å². The van der Waals surface area contributed by atoms with Crippen molar-refractivity contribution in [2.75, 3.05) is 6.54 Å². The number of hydrogen-bond acceptors (Lipinski definition) is 6. The van der Waals surface area contributed by atoms with Crippen molar-refractivity contribution in [2.45, 2.75) is 25.4 Å². The molecule has 1 fully saturated rings. The summed E-state index contributed by atoms with van der Waals surface area (Å²) in [5.74, 6) is -0.979. The van der Waals surface area contributed by atoms with Crippen LogP contribution in [-0.4, -0.2) is 38.0 Å². The van der Waals surface area contributed by atoms with E-state index in [1.165, 1.54) is 0 Å². The molecule has 156 valence electrons. The number of para-hydroxylation sites is 1. The van der Waals surface area contributed by atoms with Crippen molar-refractivity contribution >= 4 is 44.1 Å². The molecule has 2 N–H and O–H groups in total. The number of thiazole rings is 1. The monoisotopic (exact) mass is 433 g/mol. The maximum absolute atomic E-state index is 13.2. The first-order chi connectivity index (χ1) is 15.0. The molecular formula is C22H19N5O3S. The van der Waals surface area contributed by atoms with Gasteiger partial charge in [-0.05, 0) is 31.0 Å². The molecule has 1 aliphatic heterocycles. The van der Waals surface area contributed by atoms with Crippen LogP contribution in [0.5, 0.6) is 0 Å². The normalized spacial score (nSPS) is 16.3. The summed E-state index contributed by atoms with van der Waals surface area (Å²) < 4.78 is 2.12. The molecule has 0 saturated carbocycles. The average molecular weight is 433 g/mol. The molecule has 1 saturated heterocycles. The second-order valence-corrected chi connectivity index (χ2v) is 8.55. The van der Waals surface area contributed by atoms with Gasteiger partial charge in [-0.15, -0.1) is 11.3 Å². The molecule has 2 aromatic heterocycles. The minimum Gasteiger partial charge on any atom is -0.364 e. The Hall–Kier alpha value is -3.59. The van der Waals surface area contributed by atoms with Crippen molar-refractivity contribution < 1.29 is 9.59 Å². The van der Waals surface area contributed by atoms with E-state index in [4.69, 9.17) is 10.7 Å². The van der Waals surface area contributed by atoms with Crippen LogP contribution in [0.3, 0.4) is 0 Å². The number of rotatable bonds is 4. The lowest BCUT2D eigenvalue weighted by atomic mass is 10.1. The lowest BCUT2D eigenvalue weighted by molar-refractivity contribution is -0.133. The molecule has 1 atom stereocenters. The van der Waals surface area contributed by atoms with Gasteiger partial charge >= 0.3 is 0 Å². The van der Waals surface area contributed by atoms with Crippen LogP contribution in [0.25, 0.3) is 21.0 Å². The summed E-state index contributed by atoms with van der Waals surface area (Å²) in [6, 6.07) is 14.4. The Morgan fingerprint density at radius 2 is 1.84 bits per heavy atom. The van der Waals surface area contributed by atoms with Crippen molar-refractivity contribution in [1.82, 2.24) is 19.7 Å². The predicted molar refractivity (Wildman–Crippen MR) is 118 cm³/mol. The van der Waals surface area contributed by atoms with Gasteiger partial charge in [-0.1, -0.05) is 30.3 Å². The Kier molecular flexibility index (Phi) is 4.74. The Balaban J connectivity index is 1.48. The zero-order valence-electron chi connectivity index (χ0n) is 16.5. The van der Waals surface area contributed by atoms with Crippen LogP contribution in [0.15, 0.2) is 53.3 Å². The summed E-state index contributed by atoms with van der Waals surface area (Å²) in [5, 5.41) is 5.70. The second-order valence-electron chi connectivity index (χ2n) is 7.49. The molecule has 9 heteroatoms. The number of carbonyl (C=O) groups excluding carboxylic acids is 2. The number of benzene rings is 2. The Morgan fingerprint density at radius 1 is 1.10 bits per heavy atom. The topological polar surface area (TPSA) is 111 Å². The highest BCUT2D eigenvalue weighted by molar-refractivity contribution is 7.18. The van der Waals surface area contributed by atoms with E-state index in [1.807, 2.05) is 24.3 Å². The molecular weight excluding hydrogens is 414 g/mol. The quantitative estimate of drug-likeness (QED) is 0.531. The summed E-state index contributed by atoms with van der Waals surface area (Å²) in [6.07, 6.45) is 1.68. The molecule has 0 spiro atoms. The van der Waals surface area contributed by atoms with E-state index in [9.17, 15) is 14.4 Å². The fourth-order valence-electron chi connectivity index (χ4n) is 4.10. The average Bonchev–Trinajstić information content (AvgIpc) is 3.42. The molecule has 4 aromatic rings. The number of fused-ring (bicyclic) bond motifs is 2.